The maximum atomic E-state index is 13.0. The molecule has 4 heterocycles. The Morgan fingerprint density at radius 2 is 1.52 bits per heavy atom. The molecule has 20 nitrogen and oxygen atoms in total. The summed E-state index contributed by atoms with van der Waals surface area (Å²) in [6, 6.07) is 19.3. The number of nitrogens with one attached hydrogen (secondary N) is 4. The van der Waals surface area contributed by atoms with Gasteiger partial charge in [0.25, 0.3) is 32.1 Å². The van der Waals surface area contributed by atoms with Crippen molar-refractivity contribution in [2.75, 3.05) is 12.1 Å². The fourth-order valence-corrected chi connectivity index (χ4v) is 7.18. The molecule has 0 aliphatic heterocycles. The Bertz CT molecular complexity index is 2780. The lowest BCUT2D eigenvalue weighted by molar-refractivity contribution is 0.0857. The van der Waals surface area contributed by atoms with Crippen LogP contribution in [0.1, 0.15) is 69.3 Å². The van der Waals surface area contributed by atoms with Gasteiger partial charge >= 0.3 is 0 Å². The first-order valence-corrected chi connectivity index (χ1v) is 20.8. The monoisotopic (exact) mass is 830 g/mol. The Kier molecular flexibility index (Phi) is 11.4. The number of carbonyl (C=O) groups excluding carboxylic acids is 2. The molecule has 8 rings (SSSR count). The van der Waals surface area contributed by atoms with Gasteiger partial charge in [0.05, 0.1) is 57.9 Å². The van der Waals surface area contributed by atoms with Crippen molar-refractivity contribution < 1.29 is 35.5 Å². The Hall–Kier alpha value is -6.62. The van der Waals surface area contributed by atoms with Crippen molar-refractivity contribution in [1.29, 1.82) is 10.8 Å². The molecule has 0 bridgehead atoms. The number of fused-ring (bicyclic) bond motifs is 2. The molecule has 0 saturated heterocycles. The van der Waals surface area contributed by atoms with Gasteiger partial charge in [-0.3, -0.25) is 54.8 Å². The first kappa shape index (κ1) is 41.0. The van der Waals surface area contributed by atoms with E-state index in [1.165, 1.54) is 6.20 Å². The highest BCUT2D eigenvalue weighted by Gasteiger charge is 2.50. The molecule has 0 atom stereocenters. The van der Waals surface area contributed by atoms with Gasteiger partial charge in [0.15, 0.2) is 17.8 Å². The molecule has 58 heavy (non-hydrogen) atoms. The second kappa shape index (κ2) is 16.1. The highest BCUT2D eigenvalue weighted by Crippen LogP contribution is 2.55. The van der Waals surface area contributed by atoms with Crippen molar-refractivity contribution in [2.24, 2.45) is 11.5 Å². The summed E-state index contributed by atoms with van der Waals surface area (Å²) in [6.07, 6.45) is 10.5. The van der Waals surface area contributed by atoms with Crippen molar-refractivity contribution in [1.82, 2.24) is 40.2 Å². The van der Waals surface area contributed by atoms with Gasteiger partial charge in [-0.1, -0.05) is 24.3 Å². The number of pyridine rings is 2. The summed E-state index contributed by atoms with van der Waals surface area (Å²) in [5, 5.41) is 30.4. The standard InChI is InChI=1S/C18H18N6O4S.C17H16N6O.CH4O3S/c19-17(20)24(10-29(26,27)28)16(25)12-9-22-23-15(12)18(6-7-18)13-4-1-5-14-11(13)3-2-8-21-14;18-17(19)22-16(24)12-9-21-23(15(12)10-6-7-10)14-5-1-4-13-11(14)3-2-8-20-13;1-5(2,3)4/h1-5,8-9H,6-7,10H2,(H3,19,20)(H,22,23)(H,26,27,28);1-5,8-10H,6-7H2,(H4,18,19,22,24);1H3,(H,2,3,4). The average molecular weight is 831 g/mol. The van der Waals surface area contributed by atoms with E-state index in [1.54, 1.807) is 18.6 Å². The van der Waals surface area contributed by atoms with E-state index in [1.807, 2.05) is 65.3 Å². The molecule has 0 radical (unpaired) electrons. The van der Waals surface area contributed by atoms with Crippen molar-refractivity contribution in [3.8, 4) is 5.69 Å². The number of nitrogens with two attached hydrogens (primary N) is 2. The van der Waals surface area contributed by atoms with Gasteiger partial charge in [0, 0.05) is 34.5 Å². The first-order chi connectivity index (χ1) is 27.4. The lowest BCUT2D eigenvalue weighted by Crippen LogP contribution is -2.44. The number of aromatic amines is 1. The van der Waals surface area contributed by atoms with E-state index in [4.69, 9.17) is 31.4 Å². The van der Waals surface area contributed by atoms with Gasteiger partial charge in [0.1, 0.15) is 0 Å². The number of benzene rings is 2. The van der Waals surface area contributed by atoms with E-state index >= 15 is 0 Å². The highest BCUT2D eigenvalue weighted by atomic mass is 32.2. The van der Waals surface area contributed by atoms with Crippen LogP contribution in [0.4, 0.5) is 0 Å². The quantitative estimate of drug-likeness (QED) is 0.0621. The Morgan fingerprint density at radius 1 is 0.914 bits per heavy atom. The van der Waals surface area contributed by atoms with Crippen molar-refractivity contribution in [3.05, 3.63) is 114 Å². The van der Waals surface area contributed by atoms with Crippen molar-refractivity contribution in [3.63, 3.8) is 0 Å². The summed E-state index contributed by atoms with van der Waals surface area (Å²) in [6.45, 7) is 0. The van der Waals surface area contributed by atoms with Crippen LogP contribution in [0.2, 0.25) is 0 Å². The van der Waals surface area contributed by atoms with E-state index in [-0.39, 0.29) is 11.5 Å². The van der Waals surface area contributed by atoms with Gasteiger partial charge in [-0.05, 0) is 67.6 Å². The topological polar surface area (TPSA) is 330 Å². The molecule has 2 aliphatic carbocycles. The number of hydrogen-bond donors (Lipinski definition) is 8. The summed E-state index contributed by atoms with van der Waals surface area (Å²) in [5.74, 6) is -3.20. The number of H-pyrrole nitrogens is 1. The summed E-state index contributed by atoms with van der Waals surface area (Å²) in [4.78, 5) is 34.5. The summed E-state index contributed by atoms with van der Waals surface area (Å²) in [7, 11) is -8.24. The zero-order valence-corrected chi connectivity index (χ0v) is 32.3. The van der Waals surface area contributed by atoms with Crippen LogP contribution in [0.15, 0.2) is 85.5 Å². The van der Waals surface area contributed by atoms with Gasteiger partial charge in [-0.25, -0.2) is 4.68 Å². The maximum absolute atomic E-state index is 13.0. The predicted octanol–water partition coefficient (Wildman–Crippen LogP) is 2.64. The molecular formula is C36H38N12O8S2. The third kappa shape index (κ3) is 9.32. The Morgan fingerprint density at radius 3 is 2.09 bits per heavy atom. The van der Waals surface area contributed by atoms with Crippen LogP contribution >= 0.6 is 0 Å². The molecule has 2 fully saturated rings. The van der Waals surface area contributed by atoms with Crippen LogP contribution in [0, 0.1) is 10.8 Å². The molecule has 302 valence electrons. The van der Waals surface area contributed by atoms with Crippen LogP contribution in [-0.4, -0.2) is 96.7 Å². The van der Waals surface area contributed by atoms with Crippen LogP contribution in [0.5, 0.6) is 0 Å². The number of amides is 2. The second-order valence-corrected chi connectivity index (χ2v) is 16.4. The minimum absolute atomic E-state index is 0.0993. The average Bonchev–Trinajstić information content (AvgIpc) is 4.07. The van der Waals surface area contributed by atoms with Crippen molar-refractivity contribution in [2.45, 2.75) is 37.0 Å². The molecule has 4 aromatic heterocycles. The summed E-state index contributed by atoms with van der Waals surface area (Å²) in [5.41, 5.74) is 15.7. The molecule has 2 saturated carbocycles. The lowest BCUT2D eigenvalue weighted by Gasteiger charge is -2.22. The normalized spacial score (nSPS) is 14.3. The molecule has 0 unspecified atom stereocenters. The predicted molar refractivity (Wildman–Crippen MR) is 213 cm³/mol. The third-order valence-electron chi connectivity index (χ3n) is 9.20. The molecule has 22 heteroatoms. The zero-order chi connectivity index (χ0) is 42.0. The van der Waals surface area contributed by atoms with Crippen molar-refractivity contribution >= 4 is 65.8 Å². The SMILES string of the molecule is CS(=O)(=O)O.N=C(N)N(CS(=O)(=O)O)C(=O)c1cn[nH]c1C1(c2cccc3ncccc23)CC1.N=C(N)NC(=O)c1cnn(-c2cccc3ncccc23)c1C1CC1. The van der Waals surface area contributed by atoms with E-state index < -0.39 is 49.3 Å². The smallest absolute Gasteiger partial charge is 0.283 e. The number of hydrogen-bond acceptors (Lipinski definition) is 12. The number of nitrogens with zero attached hydrogens (tertiary/aromatic N) is 6. The fraction of sp³-hybridized carbons (Fsp3) is 0.222. The highest BCUT2D eigenvalue weighted by molar-refractivity contribution is 7.85. The van der Waals surface area contributed by atoms with Crippen LogP contribution in [0.25, 0.3) is 27.5 Å². The van der Waals surface area contributed by atoms with E-state index in [9.17, 15) is 26.4 Å². The third-order valence-corrected chi connectivity index (χ3v) is 9.79. The zero-order valence-electron chi connectivity index (χ0n) is 30.7. The molecule has 6 aromatic rings. The van der Waals surface area contributed by atoms with Crippen LogP contribution in [-0.2, 0) is 25.7 Å². The van der Waals surface area contributed by atoms with Crippen LogP contribution < -0.4 is 16.8 Å². The molecule has 2 aromatic carbocycles. The Labute approximate surface area is 331 Å². The van der Waals surface area contributed by atoms with E-state index in [0.29, 0.717) is 28.3 Å². The summed E-state index contributed by atoms with van der Waals surface area (Å²) >= 11 is 0. The fourth-order valence-electron chi connectivity index (χ4n) is 6.59. The van der Waals surface area contributed by atoms with Gasteiger partial charge in [-0.15, -0.1) is 0 Å². The second-order valence-electron chi connectivity index (χ2n) is 13.5. The largest absolute Gasteiger partial charge is 0.370 e. The number of guanidine groups is 2. The molecule has 0 spiro atoms. The Balaban J connectivity index is 0.000000178. The van der Waals surface area contributed by atoms with Crippen LogP contribution in [0.3, 0.4) is 0 Å². The number of carbonyl (C=O) groups is 2. The van der Waals surface area contributed by atoms with Gasteiger partial charge < -0.3 is 11.5 Å². The first-order valence-electron chi connectivity index (χ1n) is 17.4. The number of aromatic nitrogens is 6. The van der Waals surface area contributed by atoms with E-state index in [0.717, 1.165) is 64.4 Å². The molecule has 2 aliphatic rings. The van der Waals surface area contributed by atoms with Gasteiger partial charge in [-0.2, -0.15) is 27.0 Å². The summed E-state index contributed by atoms with van der Waals surface area (Å²) < 4.78 is 59.3. The number of rotatable bonds is 8. The molecule has 2 amide bonds. The lowest BCUT2D eigenvalue weighted by atomic mass is 9.87. The maximum Gasteiger partial charge on any atom is 0.283 e. The van der Waals surface area contributed by atoms with Gasteiger partial charge in [0.2, 0.25) is 0 Å². The minimum atomic E-state index is -4.57. The molecular weight excluding hydrogens is 793 g/mol. The molecule has 10 N–H and O–H groups in total. The van der Waals surface area contributed by atoms with E-state index in [2.05, 4.69) is 30.6 Å². The minimum Gasteiger partial charge on any atom is -0.370 e.